The lowest BCUT2D eigenvalue weighted by molar-refractivity contribution is -0.126. The number of rotatable bonds is 1. The van der Waals surface area contributed by atoms with Gasteiger partial charge in [-0.1, -0.05) is 0 Å². The molecular weight excluding hydrogens is 98.0 g/mol. The topological polar surface area (TPSA) is 67.2 Å². The van der Waals surface area contributed by atoms with Crippen LogP contribution in [0, 0.1) is 5.41 Å². The Kier molecular flexibility index (Phi) is 27.9. The first-order chi connectivity index (χ1) is 3.33. The Morgan fingerprint density at radius 3 is 2.00 bits per heavy atom. The number of hydrogen-bond acceptors (Lipinski definition) is 4. The number of methoxy groups -OCH3 is 1. The molecule has 0 rings (SSSR count). The van der Waals surface area contributed by atoms with E-state index in [0.29, 0.717) is 6.47 Å². The van der Waals surface area contributed by atoms with Gasteiger partial charge in [0.05, 0.1) is 7.11 Å². The van der Waals surface area contributed by atoms with Gasteiger partial charge in [-0.05, 0) is 0 Å². The first kappa shape index (κ1) is 9.28. The largest absolute Gasteiger partial charge is 0.471 e. The predicted molar refractivity (Wildman–Crippen MR) is 21.5 cm³/mol. The predicted octanol–water partition coefficient (Wildman–Crippen LogP) is -0.310. The molecule has 0 spiro atoms. The highest BCUT2D eigenvalue weighted by atomic mass is 16.5. The van der Waals surface area contributed by atoms with E-state index in [0.717, 1.165) is 6.08 Å². The van der Waals surface area contributed by atoms with Gasteiger partial charge in [-0.15, -0.1) is 0 Å². The van der Waals surface area contributed by atoms with E-state index < -0.39 is 0 Å². The average molecular weight is 103 g/mol. The summed E-state index contributed by atoms with van der Waals surface area (Å²) in [6, 6.07) is 0. The summed E-state index contributed by atoms with van der Waals surface area (Å²) in [5.41, 5.74) is 0. The lowest BCUT2D eigenvalue weighted by Crippen LogP contribution is -1.68. The fourth-order valence-electron chi connectivity index (χ4n) is 0. The van der Waals surface area contributed by atoms with E-state index in [2.05, 4.69) is 4.74 Å². The van der Waals surface area contributed by atoms with Gasteiger partial charge in [-0.25, -0.2) is 10.2 Å². The van der Waals surface area contributed by atoms with E-state index in [-0.39, 0.29) is 0 Å². The molecule has 0 saturated heterocycles. The molecule has 0 fully saturated rings. The third-order valence-corrected chi connectivity index (χ3v) is 0.0962. The fourth-order valence-corrected chi connectivity index (χ4v) is 0. The van der Waals surface area contributed by atoms with Crippen LogP contribution in [0.1, 0.15) is 0 Å². The zero-order valence-corrected chi connectivity index (χ0v) is 3.80. The van der Waals surface area contributed by atoms with Crippen molar-refractivity contribution in [1.29, 1.82) is 5.41 Å². The zero-order chi connectivity index (χ0) is 6.12. The van der Waals surface area contributed by atoms with Crippen LogP contribution in [0.3, 0.4) is 0 Å². The SMILES string of the molecule is COC=O.N=C=O. The molecule has 0 unspecified atom stereocenters. The van der Waals surface area contributed by atoms with Crippen molar-refractivity contribution in [3.05, 3.63) is 0 Å². The van der Waals surface area contributed by atoms with Crippen LogP contribution >= 0.6 is 0 Å². The van der Waals surface area contributed by atoms with Crippen LogP contribution in [0.5, 0.6) is 0 Å². The van der Waals surface area contributed by atoms with Gasteiger partial charge in [0, 0.05) is 0 Å². The molecule has 0 aromatic carbocycles. The van der Waals surface area contributed by atoms with Gasteiger partial charge in [-0.3, -0.25) is 4.79 Å². The minimum Gasteiger partial charge on any atom is -0.471 e. The maximum atomic E-state index is 8.95. The molecule has 0 bridgehead atoms. The Morgan fingerprint density at radius 2 is 2.00 bits per heavy atom. The molecular formula is C3H5NO3. The number of carbonyl (C=O) groups excluding carboxylic acids is 2. The van der Waals surface area contributed by atoms with Crippen LogP contribution in [-0.2, 0) is 14.3 Å². The molecule has 0 amide bonds. The van der Waals surface area contributed by atoms with Crippen LogP contribution in [0.15, 0.2) is 0 Å². The molecule has 40 valence electrons. The van der Waals surface area contributed by atoms with E-state index >= 15 is 0 Å². The Bertz CT molecular complexity index is 64.6. The number of ether oxygens (including phenoxy) is 1. The molecule has 0 aliphatic heterocycles. The van der Waals surface area contributed by atoms with Gasteiger partial charge >= 0.3 is 0 Å². The number of isocyanates is 1. The van der Waals surface area contributed by atoms with Crippen LogP contribution in [-0.4, -0.2) is 19.7 Å². The maximum Gasteiger partial charge on any atom is 0.292 e. The summed E-state index contributed by atoms with van der Waals surface area (Å²) >= 11 is 0. The van der Waals surface area contributed by atoms with Crippen LogP contribution in [0.4, 0.5) is 0 Å². The smallest absolute Gasteiger partial charge is 0.292 e. The van der Waals surface area contributed by atoms with Crippen molar-refractivity contribution in [2.75, 3.05) is 7.11 Å². The molecule has 0 atom stereocenters. The summed E-state index contributed by atoms with van der Waals surface area (Å²) < 4.78 is 3.86. The van der Waals surface area contributed by atoms with Gasteiger partial charge in [0.25, 0.3) is 6.47 Å². The molecule has 4 heteroatoms. The number of hydrogen-bond donors (Lipinski definition) is 1. The molecule has 0 aliphatic carbocycles. The summed E-state index contributed by atoms with van der Waals surface area (Å²) in [7, 11) is 1.31. The highest BCUT2D eigenvalue weighted by molar-refractivity contribution is 5.36. The second kappa shape index (κ2) is 21.0. The second-order valence-corrected chi connectivity index (χ2v) is 0.434. The molecule has 0 aliphatic rings. The number of nitrogens with one attached hydrogen (secondary N) is 1. The first-order valence-corrected chi connectivity index (χ1v) is 1.33. The Labute approximate surface area is 40.6 Å². The molecule has 0 aromatic rings. The summed E-state index contributed by atoms with van der Waals surface area (Å²) in [5.74, 6) is 0. The highest BCUT2D eigenvalue weighted by Crippen LogP contribution is 1.35. The lowest BCUT2D eigenvalue weighted by Gasteiger charge is -1.67. The van der Waals surface area contributed by atoms with Gasteiger partial charge in [0.1, 0.15) is 0 Å². The third kappa shape index (κ3) is 1750. The van der Waals surface area contributed by atoms with E-state index in [1.54, 1.807) is 0 Å². The molecule has 0 aromatic heterocycles. The summed E-state index contributed by atoms with van der Waals surface area (Å²) in [5, 5.41) is 5.40. The Morgan fingerprint density at radius 1 is 1.86 bits per heavy atom. The van der Waals surface area contributed by atoms with Gasteiger partial charge < -0.3 is 4.74 Å². The normalized spacial score (nSPS) is 4.14. The maximum absolute atomic E-state index is 8.95. The van der Waals surface area contributed by atoms with E-state index in [1.807, 2.05) is 0 Å². The van der Waals surface area contributed by atoms with Crippen molar-refractivity contribution < 1.29 is 14.3 Å². The fraction of sp³-hybridized carbons (Fsp3) is 0.333. The van der Waals surface area contributed by atoms with Crippen molar-refractivity contribution in [3.63, 3.8) is 0 Å². The van der Waals surface area contributed by atoms with Crippen LogP contribution < -0.4 is 0 Å². The standard InChI is InChI=1S/C2H4O2.CHNO/c1-4-2-3;2-1-3/h2H,1H3;2H. The van der Waals surface area contributed by atoms with Crippen molar-refractivity contribution in [2.45, 2.75) is 0 Å². The Balaban J connectivity index is 0. The van der Waals surface area contributed by atoms with Crippen molar-refractivity contribution >= 4 is 12.6 Å². The van der Waals surface area contributed by atoms with Crippen LogP contribution in [0.2, 0.25) is 0 Å². The van der Waals surface area contributed by atoms with Crippen molar-refractivity contribution in [1.82, 2.24) is 0 Å². The summed E-state index contributed by atoms with van der Waals surface area (Å²) in [6.45, 7) is 0.375. The van der Waals surface area contributed by atoms with Crippen molar-refractivity contribution in [3.8, 4) is 0 Å². The zero-order valence-electron chi connectivity index (χ0n) is 3.80. The summed E-state index contributed by atoms with van der Waals surface area (Å²) in [6.07, 6.45) is 0.750. The van der Waals surface area contributed by atoms with Gasteiger partial charge in [-0.2, -0.15) is 0 Å². The van der Waals surface area contributed by atoms with E-state index in [4.69, 9.17) is 15.0 Å². The highest BCUT2D eigenvalue weighted by Gasteiger charge is 1.44. The molecule has 7 heavy (non-hydrogen) atoms. The summed E-state index contributed by atoms with van der Waals surface area (Å²) in [4.78, 5) is 17.3. The van der Waals surface area contributed by atoms with E-state index in [1.165, 1.54) is 7.11 Å². The molecule has 0 saturated carbocycles. The van der Waals surface area contributed by atoms with Gasteiger partial charge in [0.15, 0.2) is 0 Å². The average Bonchev–Trinajstić information content (AvgIpc) is 1.69. The molecule has 4 nitrogen and oxygen atoms in total. The third-order valence-electron chi connectivity index (χ3n) is 0.0962. The van der Waals surface area contributed by atoms with Crippen LogP contribution in [0.25, 0.3) is 0 Å². The second-order valence-electron chi connectivity index (χ2n) is 0.434. The molecule has 0 radical (unpaired) electrons. The minimum atomic E-state index is 0.375. The number of carbonyl (C=O) groups is 1. The monoisotopic (exact) mass is 103 g/mol. The molecule has 1 N–H and O–H groups in total. The Hall–Kier alpha value is -1.15. The quantitative estimate of drug-likeness (QED) is 0.281. The van der Waals surface area contributed by atoms with Gasteiger partial charge in [0.2, 0.25) is 6.08 Å². The minimum absolute atomic E-state index is 0.375. The first-order valence-electron chi connectivity index (χ1n) is 1.33. The van der Waals surface area contributed by atoms with E-state index in [9.17, 15) is 0 Å². The van der Waals surface area contributed by atoms with Crippen molar-refractivity contribution in [2.24, 2.45) is 0 Å². The molecule has 0 heterocycles. The lowest BCUT2D eigenvalue weighted by atomic mass is 11.5.